The minimum Gasteiger partial charge on any atom is -0.488 e. The highest BCUT2D eigenvalue weighted by molar-refractivity contribution is 5.67. The Balaban J connectivity index is 2.02. The van der Waals surface area contributed by atoms with Crippen LogP contribution in [-0.4, -0.2) is 61.9 Å². The highest BCUT2D eigenvalue weighted by Crippen LogP contribution is 2.27. The van der Waals surface area contributed by atoms with E-state index in [1.807, 2.05) is 38.1 Å². The number of aryl methyl sites for hydroxylation is 2. The van der Waals surface area contributed by atoms with E-state index >= 15 is 0 Å². The van der Waals surface area contributed by atoms with Crippen LogP contribution in [-0.2, 0) is 22.7 Å². The molecule has 2 atom stereocenters. The van der Waals surface area contributed by atoms with Crippen molar-refractivity contribution in [3.63, 3.8) is 0 Å². The summed E-state index contributed by atoms with van der Waals surface area (Å²) in [5, 5.41) is 18.3. The number of hydrogen-bond donors (Lipinski definition) is 4. The first kappa shape index (κ1) is 27.7. The van der Waals surface area contributed by atoms with Gasteiger partial charge in [0, 0.05) is 38.0 Å². The number of benzene rings is 1. The first-order chi connectivity index (χ1) is 16.7. The second-order valence-corrected chi connectivity index (χ2v) is 7.73. The molecule has 0 saturated carbocycles. The third kappa shape index (κ3) is 8.95. The smallest absolute Gasteiger partial charge is 0.407 e. The van der Waals surface area contributed by atoms with E-state index in [0.717, 1.165) is 11.3 Å². The molecule has 2 rings (SSSR count). The Morgan fingerprint density at radius 3 is 2.37 bits per heavy atom. The molecule has 11 heteroatoms. The van der Waals surface area contributed by atoms with Crippen LogP contribution in [0.25, 0.3) is 0 Å². The molecule has 1 aromatic carbocycles. The number of hydrogen-bond acceptors (Lipinski definition) is 9. The molecule has 0 aliphatic rings. The number of ether oxygens (including phenoxy) is 4. The van der Waals surface area contributed by atoms with Crippen LogP contribution >= 0.6 is 0 Å². The number of rotatable bonds is 12. The van der Waals surface area contributed by atoms with Gasteiger partial charge in [0.05, 0.1) is 5.69 Å². The Morgan fingerprint density at radius 1 is 1.06 bits per heavy atom. The number of pyridine rings is 1. The second-order valence-electron chi connectivity index (χ2n) is 7.73. The van der Waals surface area contributed by atoms with Gasteiger partial charge in [0.1, 0.15) is 43.7 Å². The number of nitrogens with zero attached hydrogens (tertiary/aromatic N) is 1. The second kappa shape index (κ2) is 14.0. The summed E-state index contributed by atoms with van der Waals surface area (Å²) in [5.74, 6) is 1.10. The van der Waals surface area contributed by atoms with Crippen LogP contribution in [0.1, 0.15) is 29.3 Å². The summed E-state index contributed by atoms with van der Waals surface area (Å²) in [6, 6.07) is 7.67. The number of amides is 2. The third-order valence-electron chi connectivity index (χ3n) is 4.98. The van der Waals surface area contributed by atoms with Crippen LogP contribution in [0.5, 0.6) is 11.5 Å². The van der Waals surface area contributed by atoms with Crippen molar-refractivity contribution in [2.24, 2.45) is 0 Å². The number of alkyl carbamates (subject to hydrolysis) is 2. The quantitative estimate of drug-likeness (QED) is 0.330. The fourth-order valence-corrected chi connectivity index (χ4v) is 3.04. The van der Waals surface area contributed by atoms with Crippen molar-refractivity contribution < 1.29 is 33.6 Å². The van der Waals surface area contributed by atoms with Gasteiger partial charge >= 0.3 is 12.2 Å². The van der Waals surface area contributed by atoms with Crippen molar-refractivity contribution in [1.29, 1.82) is 0 Å². The number of carbonyl (C=O) groups is 2. The number of aliphatic hydroxyl groups excluding tert-OH is 1. The molecule has 0 bridgehead atoms. The number of para-hydroxylation sites is 1. The fourth-order valence-electron chi connectivity index (χ4n) is 3.04. The third-order valence-corrected chi connectivity index (χ3v) is 4.98. The largest absolute Gasteiger partial charge is 0.488 e. The lowest BCUT2D eigenvalue weighted by Crippen LogP contribution is -2.39. The van der Waals surface area contributed by atoms with Crippen molar-refractivity contribution in [2.75, 3.05) is 27.2 Å². The standard InChI is InChI=1S/C24H34N4O7/c1-15-8-6-7-9-21(15)35-17(3)28-11-19(29)13-32-22-16(2)27-10-18(12-33-23(30)25-4)20(22)14-34-24(31)26-5/h6-10,17,19,28-29H,11-14H2,1-5H3,(H,25,30)(H,26,31). The van der Waals surface area contributed by atoms with E-state index < -0.39 is 18.3 Å². The molecular weight excluding hydrogens is 456 g/mol. The molecule has 0 radical (unpaired) electrons. The molecule has 1 aromatic heterocycles. The number of aromatic nitrogens is 1. The molecule has 2 amide bonds. The van der Waals surface area contributed by atoms with Gasteiger partial charge in [0.25, 0.3) is 0 Å². The molecule has 11 nitrogen and oxygen atoms in total. The van der Waals surface area contributed by atoms with Crippen molar-refractivity contribution in [1.82, 2.24) is 20.9 Å². The first-order valence-electron chi connectivity index (χ1n) is 11.2. The van der Waals surface area contributed by atoms with E-state index in [1.165, 1.54) is 20.3 Å². The van der Waals surface area contributed by atoms with Crippen molar-refractivity contribution in [2.45, 2.75) is 46.3 Å². The lowest BCUT2D eigenvalue weighted by atomic mass is 10.1. The maximum Gasteiger partial charge on any atom is 0.407 e. The molecule has 2 aromatic rings. The van der Waals surface area contributed by atoms with Crippen LogP contribution in [0, 0.1) is 13.8 Å². The van der Waals surface area contributed by atoms with Crippen molar-refractivity contribution in [3.8, 4) is 11.5 Å². The van der Waals surface area contributed by atoms with Crippen LogP contribution in [0.15, 0.2) is 30.5 Å². The molecule has 0 spiro atoms. The fraction of sp³-hybridized carbons (Fsp3) is 0.458. The highest BCUT2D eigenvalue weighted by atomic mass is 16.6. The molecule has 2 unspecified atom stereocenters. The molecule has 1 heterocycles. The van der Waals surface area contributed by atoms with Gasteiger partial charge in [-0.15, -0.1) is 0 Å². The Kier molecular flexibility index (Phi) is 11.0. The van der Waals surface area contributed by atoms with Gasteiger partial charge < -0.3 is 34.7 Å². The average molecular weight is 491 g/mol. The van der Waals surface area contributed by atoms with Gasteiger partial charge in [0.15, 0.2) is 0 Å². The predicted octanol–water partition coefficient (Wildman–Crippen LogP) is 2.16. The van der Waals surface area contributed by atoms with E-state index in [4.69, 9.17) is 18.9 Å². The van der Waals surface area contributed by atoms with Gasteiger partial charge in [-0.3, -0.25) is 10.3 Å². The minimum atomic E-state index is -0.865. The summed E-state index contributed by atoms with van der Waals surface area (Å²) >= 11 is 0. The van der Waals surface area contributed by atoms with E-state index in [0.29, 0.717) is 22.6 Å². The zero-order valence-electron chi connectivity index (χ0n) is 20.7. The lowest BCUT2D eigenvalue weighted by molar-refractivity contribution is 0.0842. The first-order valence-corrected chi connectivity index (χ1v) is 11.2. The number of carbonyl (C=O) groups excluding carboxylic acids is 2. The van der Waals surface area contributed by atoms with E-state index in [9.17, 15) is 14.7 Å². The highest BCUT2D eigenvalue weighted by Gasteiger charge is 2.19. The maximum absolute atomic E-state index is 11.6. The van der Waals surface area contributed by atoms with E-state index in [2.05, 4.69) is 20.9 Å². The Hall–Kier alpha value is -3.57. The monoisotopic (exact) mass is 490 g/mol. The summed E-state index contributed by atoms with van der Waals surface area (Å²) < 4.78 is 22.0. The topological polar surface area (TPSA) is 140 Å². The van der Waals surface area contributed by atoms with Crippen LogP contribution < -0.4 is 25.4 Å². The Labute approximate surface area is 205 Å². The Bertz CT molecular complexity index is 986. The Morgan fingerprint density at radius 2 is 1.71 bits per heavy atom. The summed E-state index contributed by atoms with van der Waals surface area (Å²) in [6.45, 7) is 5.44. The molecule has 0 aliphatic heterocycles. The van der Waals surface area contributed by atoms with Crippen LogP contribution in [0.4, 0.5) is 9.59 Å². The van der Waals surface area contributed by atoms with Gasteiger partial charge in [-0.2, -0.15) is 0 Å². The maximum atomic E-state index is 11.6. The van der Waals surface area contributed by atoms with Crippen LogP contribution in [0.3, 0.4) is 0 Å². The minimum absolute atomic E-state index is 0.0562. The average Bonchev–Trinajstić information content (AvgIpc) is 2.85. The van der Waals surface area contributed by atoms with Gasteiger partial charge in [0.2, 0.25) is 0 Å². The van der Waals surface area contributed by atoms with E-state index in [1.54, 1.807) is 6.92 Å². The number of nitrogens with one attached hydrogen (secondary N) is 3. The molecule has 192 valence electrons. The normalized spacial score (nSPS) is 12.3. The van der Waals surface area contributed by atoms with E-state index in [-0.39, 0.29) is 32.6 Å². The lowest BCUT2D eigenvalue weighted by Gasteiger charge is -2.21. The summed E-state index contributed by atoms with van der Waals surface area (Å²) in [4.78, 5) is 27.4. The molecule has 0 fully saturated rings. The van der Waals surface area contributed by atoms with Gasteiger partial charge in [-0.1, -0.05) is 18.2 Å². The van der Waals surface area contributed by atoms with Crippen LogP contribution in [0.2, 0.25) is 0 Å². The summed E-state index contributed by atoms with van der Waals surface area (Å²) in [6.07, 6.45) is -0.923. The molecule has 0 saturated heterocycles. The molecule has 35 heavy (non-hydrogen) atoms. The predicted molar refractivity (Wildman–Crippen MR) is 128 cm³/mol. The molecular formula is C24H34N4O7. The SMILES string of the molecule is CNC(=O)OCc1cnc(C)c(OCC(O)CNC(C)Oc2ccccc2C)c1COC(=O)NC. The van der Waals surface area contributed by atoms with Crippen molar-refractivity contribution >= 4 is 12.2 Å². The summed E-state index contributed by atoms with van der Waals surface area (Å²) in [7, 11) is 2.89. The number of aliphatic hydroxyl groups is 1. The van der Waals surface area contributed by atoms with Gasteiger partial charge in [-0.05, 0) is 32.4 Å². The molecule has 4 N–H and O–H groups in total. The zero-order chi connectivity index (χ0) is 25.8. The summed E-state index contributed by atoms with van der Waals surface area (Å²) in [5.41, 5.74) is 2.53. The van der Waals surface area contributed by atoms with Crippen molar-refractivity contribution in [3.05, 3.63) is 52.8 Å². The molecule has 0 aliphatic carbocycles. The zero-order valence-corrected chi connectivity index (χ0v) is 20.7. The van der Waals surface area contributed by atoms with Gasteiger partial charge in [-0.25, -0.2) is 9.59 Å².